The molecule has 2 N–H and O–H groups in total. The largest absolute Gasteiger partial charge is 0.492 e. The van der Waals surface area contributed by atoms with Crippen LogP contribution < -0.4 is 15.2 Å². The Labute approximate surface area is 111 Å². The molecule has 1 aromatic rings. The minimum Gasteiger partial charge on any atom is -0.492 e. The average Bonchev–Trinajstić information content (AvgIpc) is 2.33. The van der Waals surface area contributed by atoms with E-state index >= 15 is 0 Å². The fraction of sp³-hybridized carbons (Fsp3) is 0.333. The van der Waals surface area contributed by atoms with Gasteiger partial charge in [0.2, 0.25) is 0 Å². The van der Waals surface area contributed by atoms with Gasteiger partial charge in [0.25, 0.3) is 0 Å². The third-order valence-electron chi connectivity index (χ3n) is 2.39. The average molecular weight is 289 g/mol. The number of methoxy groups -OCH3 is 2. The van der Waals surface area contributed by atoms with Gasteiger partial charge in [-0.05, 0) is 6.07 Å². The number of benzene rings is 1. The molecule has 0 bridgehead atoms. The number of nitrogens with two attached hydrogens (primary N) is 1. The van der Waals surface area contributed by atoms with Gasteiger partial charge in [-0.25, -0.2) is 12.8 Å². The van der Waals surface area contributed by atoms with Gasteiger partial charge in [-0.3, -0.25) is 0 Å². The van der Waals surface area contributed by atoms with Crippen molar-refractivity contribution < 1.29 is 22.3 Å². The Kier molecular flexibility index (Phi) is 4.90. The highest BCUT2D eigenvalue weighted by Crippen LogP contribution is 2.39. The molecule has 0 fully saturated rings. The number of hydrogen-bond donors (Lipinski definition) is 1. The van der Waals surface area contributed by atoms with Gasteiger partial charge in [-0.2, -0.15) is 0 Å². The maximum atomic E-state index is 14.0. The normalized spacial score (nSPS) is 11.8. The van der Waals surface area contributed by atoms with Crippen LogP contribution in [-0.4, -0.2) is 35.4 Å². The second kappa shape index (κ2) is 6.03. The van der Waals surface area contributed by atoms with E-state index in [1.54, 1.807) is 6.08 Å². The van der Waals surface area contributed by atoms with E-state index in [0.29, 0.717) is 5.56 Å². The maximum Gasteiger partial charge on any atom is 0.183 e. The van der Waals surface area contributed by atoms with Crippen LogP contribution >= 0.6 is 0 Å². The molecule has 5 nitrogen and oxygen atoms in total. The summed E-state index contributed by atoms with van der Waals surface area (Å²) in [6.07, 6.45) is 4.04. The molecule has 0 radical (unpaired) electrons. The van der Waals surface area contributed by atoms with Gasteiger partial charge in [0.15, 0.2) is 21.3 Å². The fourth-order valence-corrected chi connectivity index (χ4v) is 2.60. The molecular formula is C12H16FNO4S. The third kappa shape index (κ3) is 3.24. The Morgan fingerprint density at radius 1 is 1.32 bits per heavy atom. The first-order chi connectivity index (χ1) is 8.86. The predicted molar refractivity (Wildman–Crippen MR) is 70.7 cm³/mol. The molecule has 0 aromatic heterocycles. The van der Waals surface area contributed by atoms with E-state index in [0.717, 1.165) is 12.3 Å². The summed E-state index contributed by atoms with van der Waals surface area (Å²) in [5.41, 5.74) is 5.68. The molecule has 106 valence electrons. The smallest absolute Gasteiger partial charge is 0.183 e. The van der Waals surface area contributed by atoms with E-state index in [9.17, 15) is 12.8 Å². The number of sulfone groups is 1. The molecule has 0 unspecified atom stereocenters. The lowest BCUT2D eigenvalue weighted by Crippen LogP contribution is -2.07. The van der Waals surface area contributed by atoms with Crippen molar-refractivity contribution in [3.05, 3.63) is 23.5 Å². The second-order valence-electron chi connectivity index (χ2n) is 3.75. The zero-order valence-electron chi connectivity index (χ0n) is 10.9. The fourth-order valence-electron chi connectivity index (χ4n) is 1.67. The topological polar surface area (TPSA) is 78.6 Å². The van der Waals surface area contributed by atoms with Gasteiger partial charge >= 0.3 is 0 Å². The van der Waals surface area contributed by atoms with E-state index in [1.165, 1.54) is 20.3 Å². The van der Waals surface area contributed by atoms with Crippen LogP contribution in [0.5, 0.6) is 11.5 Å². The molecule has 1 aromatic carbocycles. The Bertz CT molecular complexity index is 596. The summed E-state index contributed by atoms with van der Waals surface area (Å²) in [7, 11) is -1.17. The zero-order chi connectivity index (χ0) is 14.6. The van der Waals surface area contributed by atoms with Crippen LogP contribution in [0, 0.1) is 5.82 Å². The number of hydrogen-bond acceptors (Lipinski definition) is 5. The van der Waals surface area contributed by atoms with E-state index in [1.807, 2.05) is 0 Å². The molecule has 0 aliphatic heterocycles. The third-order valence-corrected chi connectivity index (χ3v) is 3.51. The number of halogens is 1. The van der Waals surface area contributed by atoms with Crippen molar-refractivity contribution in [1.82, 2.24) is 0 Å². The highest BCUT2D eigenvalue weighted by Gasteiger charge is 2.25. The Balaban J connectivity index is 3.68. The van der Waals surface area contributed by atoms with Crippen LogP contribution in [0.3, 0.4) is 0 Å². The highest BCUT2D eigenvalue weighted by molar-refractivity contribution is 7.90. The van der Waals surface area contributed by atoms with E-state index in [-0.39, 0.29) is 18.0 Å². The van der Waals surface area contributed by atoms with Crippen LogP contribution in [0.25, 0.3) is 6.08 Å². The lowest BCUT2D eigenvalue weighted by Gasteiger charge is -2.15. The summed E-state index contributed by atoms with van der Waals surface area (Å²) >= 11 is 0. The number of rotatable bonds is 5. The summed E-state index contributed by atoms with van der Waals surface area (Å²) in [6, 6.07) is 1.07. The van der Waals surface area contributed by atoms with Gasteiger partial charge in [0, 0.05) is 18.4 Å². The van der Waals surface area contributed by atoms with Crippen molar-refractivity contribution in [1.29, 1.82) is 0 Å². The molecule has 0 aliphatic rings. The Hall–Kier alpha value is -1.60. The summed E-state index contributed by atoms with van der Waals surface area (Å²) < 4.78 is 47.3. The molecule has 0 saturated heterocycles. The quantitative estimate of drug-likeness (QED) is 0.881. The summed E-state index contributed by atoms with van der Waals surface area (Å²) in [5.74, 6) is -0.896. The molecule has 0 amide bonds. The van der Waals surface area contributed by atoms with Crippen LogP contribution in [0.4, 0.5) is 4.39 Å². The summed E-state index contributed by atoms with van der Waals surface area (Å²) in [5, 5.41) is 0. The van der Waals surface area contributed by atoms with Crippen molar-refractivity contribution in [3.63, 3.8) is 0 Å². The van der Waals surface area contributed by atoms with Crippen molar-refractivity contribution >= 4 is 15.9 Å². The van der Waals surface area contributed by atoms with Gasteiger partial charge in [0.1, 0.15) is 10.7 Å². The standard InChI is InChI=1S/C12H16FNO4S/c1-17-10-8(5-4-6-14)7-9(13)12(11(10)18-2)19(3,15)16/h4-5,7H,6,14H2,1-3H3/b5-4+. The van der Waals surface area contributed by atoms with Crippen molar-refractivity contribution in [3.8, 4) is 11.5 Å². The van der Waals surface area contributed by atoms with E-state index in [2.05, 4.69) is 0 Å². The molecule has 0 spiro atoms. The van der Waals surface area contributed by atoms with Crippen molar-refractivity contribution in [2.24, 2.45) is 5.73 Å². The van der Waals surface area contributed by atoms with Crippen LogP contribution in [0.2, 0.25) is 0 Å². The summed E-state index contributed by atoms with van der Waals surface area (Å²) in [6.45, 7) is 0.265. The molecule has 0 atom stereocenters. The summed E-state index contributed by atoms with van der Waals surface area (Å²) in [4.78, 5) is -0.517. The molecule has 19 heavy (non-hydrogen) atoms. The SMILES string of the molecule is COc1c(/C=C/CN)cc(F)c(S(C)(=O)=O)c1OC. The van der Waals surface area contributed by atoms with Crippen LogP contribution in [0.15, 0.2) is 17.0 Å². The highest BCUT2D eigenvalue weighted by atomic mass is 32.2. The minimum atomic E-state index is -3.77. The Morgan fingerprint density at radius 2 is 1.89 bits per heavy atom. The van der Waals surface area contributed by atoms with E-state index in [4.69, 9.17) is 15.2 Å². The lowest BCUT2D eigenvalue weighted by molar-refractivity contribution is 0.341. The van der Waals surface area contributed by atoms with Gasteiger partial charge in [-0.1, -0.05) is 12.2 Å². The first-order valence-corrected chi connectivity index (χ1v) is 7.27. The zero-order valence-corrected chi connectivity index (χ0v) is 11.8. The first-order valence-electron chi connectivity index (χ1n) is 5.38. The predicted octanol–water partition coefficient (Wildman–Crippen LogP) is 1.22. The molecule has 7 heteroatoms. The van der Waals surface area contributed by atoms with E-state index < -0.39 is 20.5 Å². The number of ether oxygens (including phenoxy) is 2. The Morgan fingerprint density at radius 3 is 2.32 bits per heavy atom. The van der Waals surface area contributed by atoms with Gasteiger partial charge in [0.05, 0.1) is 14.2 Å². The lowest BCUT2D eigenvalue weighted by atomic mass is 10.1. The van der Waals surface area contributed by atoms with Crippen LogP contribution in [-0.2, 0) is 9.84 Å². The molecule has 0 heterocycles. The monoisotopic (exact) mass is 289 g/mol. The van der Waals surface area contributed by atoms with Crippen LogP contribution in [0.1, 0.15) is 5.56 Å². The minimum absolute atomic E-state index is 0.147. The van der Waals surface area contributed by atoms with Crippen molar-refractivity contribution in [2.75, 3.05) is 27.0 Å². The second-order valence-corrected chi connectivity index (χ2v) is 5.71. The molecule has 0 aliphatic carbocycles. The first kappa shape index (κ1) is 15.5. The van der Waals surface area contributed by atoms with Gasteiger partial charge < -0.3 is 15.2 Å². The maximum absolute atomic E-state index is 14.0. The molecule has 0 saturated carbocycles. The van der Waals surface area contributed by atoms with Gasteiger partial charge in [-0.15, -0.1) is 0 Å². The molecule has 1 rings (SSSR count). The molecular weight excluding hydrogens is 273 g/mol. The van der Waals surface area contributed by atoms with Crippen molar-refractivity contribution in [2.45, 2.75) is 4.90 Å².